The average Bonchev–Trinajstić information content (AvgIpc) is 2.73. The Morgan fingerprint density at radius 3 is 2.45 bits per heavy atom. The molecule has 0 heterocycles. The molecule has 144 valence electrons. The fourth-order valence-corrected chi connectivity index (χ4v) is 2.80. The zero-order valence-corrected chi connectivity index (χ0v) is 16.1. The number of benzene rings is 3. The summed E-state index contributed by atoms with van der Waals surface area (Å²) >= 11 is 6.00. The highest BCUT2D eigenvalue weighted by Gasteiger charge is 2.13. The van der Waals surface area contributed by atoms with Gasteiger partial charge in [-0.25, -0.2) is 9.18 Å². The highest BCUT2D eigenvalue weighted by Crippen LogP contribution is 2.31. The number of hydrogen-bond acceptors (Lipinski definition) is 4. The zero-order valence-electron chi connectivity index (χ0n) is 15.4. The minimum absolute atomic E-state index is 0.209. The van der Waals surface area contributed by atoms with Gasteiger partial charge in [-0.2, -0.15) is 5.26 Å². The maximum Gasteiger partial charge on any atom is 0.343 e. The molecule has 0 radical (unpaired) electrons. The molecule has 3 aromatic rings. The van der Waals surface area contributed by atoms with E-state index >= 15 is 0 Å². The van der Waals surface area contributed by atoms with Crippen molar-refractivity contribution in [3.8, 4) is 17.6 Å². The molecule has 0 fully saturated rings. The third-order valence-electron chi connectivity index (χ3n) is 4.04. The van der Waals surface area contributed by atoms with Crippen LogP contribution in [0.4, 0.5) is 4.39 Å². The second-order valence-electron chi connectivity index (χ2n) is 5.99. The molecular weight excluding hydrogens is 393 g/mol. The minimum Gasteiger partial charge on any atom is -0.493 e. The first-order chi connectivity index (χ1) is 14.0. The normalized spacial score (nSPS) is 10.9. The Labute approximate surface area is 172 Å². The average molecular weight is 408 g/mol. The first-order valence-corrected chi connectivity index (χ1v) is 8.91. The van der Waals surface area contributed by atoms with E-state index in [1.165, 1.54) is 31.4 Å². The monoisotopic (exact) mass is 407 g/mol. The molecule has 0 aliphatic carbocycles. The number of carbonyl (C=O) groups excluding carboxylic acids is 1. The van der Waals surface area contributed by atoms with E-state index in [1.54, 1.807) is 48.5 Å². The highest BCUT2D eigenvalue weighted by molar-refractivity contribution is 6.30. The van der Waals surface area contributed by atoms with Crippen molar-refractivity contribution in [2.75, 3.05) is 7.11 Å². The van der Waals surface area contributed by atoms with E-state index < -0.39 is 11.8 Å². The number of methoxy groups -OCH3 is 1. The van der Waals surface area contributed by atoms with Crippen LogP contribution in [0.25, 0.3) is 11.6 Å². The summed E-state index contributed by atoms with van der Waals surface area (Å²) in [6.07, 6.45) is 1.68. The van der Waals surface area contributed by atoms with Gasteiger partial charge in [0.15, 0.2) is 11.5 Å². The lowest BCUT2D eigenvalue weighted by Gasteiger charge is -2.10. The molecule has 0 aliphatic rings. The van der Waals surface area contributed by atoms with Crippen LogP contribution in [0.3, 0.4) is 0 Å². The van der Waals surface area contributed by atoms with Crippen molar-refractivity contribution in [3.63, 3.8) is 0 Å². The van der Waals surface area contributed by atoms with Gasteiger partial charge >= 0.3 is 5.97 Å². The predicted molar refractivity (Wildman–Crippen MR) is 109 cm³/mol. The summed E-state index contributed by atoms with van der Waals surface area (Å²) in [7, 11) is 1.44. The van der Waals surface area contributed by atoms with Crippen molar-refractivity contribution in [1.29, 1.82) is 5.26 Å². The Hall–Kier alpha value is -3.62. The number of nitrogens with zero attached hydrogens (tertiary/aromatic N) is 1. The van der Waals surface area contributed by atoms with Crippen molar-refractivity contribution in [3.05, 3.63) is 94.3 Å². The van der Waals surface area contributed by atoms with E-state index in [1.807, 2.05) is 0 Å². The SMILES string of the molecule is COc1cc(/C=C(/C#N)c2cccc(Cl)c2)ccc1OC(=O)c1ccc(F)cc1. The summed E-state index contributed by atoms with van der Waals surface area (Å²) in [5, 5.41) is 10.0. The van der Waals surface area contributed by atoms with Crippen LogP contribution in [0.2, 0.25) is 5.02 Å². The minimum atomic E-state index is -0.636. The Bertz CT molecular complexity index is 1120. The van der Waals surface area contributed by atoms with Crippen LogP contribution < -0.4 is 9.47 Å². The summed E-state index contributed by atoms with van der Waals surface area (Å²) in [6.45, 7) is 0. The second-order valence-corrected chi connectivity index (χ2v) is 6.42. The standard InChI is InChI=1S/C23H15ClFNO3/c1-28-22-12-15(11-18(14-26)17-3-2-4-19(24)13-17)5-10-21(22)29-23(27)16-6-8-20(25)9-7-16/h2-13H,1H3/b18-11-. The van der Waals surface area contributed by atoms with Gasteiger partial charge in [0.1, 0.15) is 5.82 Å². The lowest BCUT2D eigenvalue weighted by Crippen LogP contribution is -2.09. The molecule has 4 nitrogen and oxygen atoms in total. The van der Waals surface area contributed by atoms with E-state index in [2.05, 4.69) is 6.07 Å². The van der Waals surface area contributed by atoms with Crippen LogP contribution in [0, 0.1) is 17.1 Å². The Morgan fingerprint density at radius 1 is 1.03 bits per heavy atom. The summed E-state index contributed by atoms with van der Waals surface area (Å²) < 4.78 is 23.7. The number of rotatable bonds is 5. The number of halogens is 2. The van der Waals surface area contributed by atoms with Gasteiger partial charge in [-0.3, -0.25) is 0 Å². The van der Waals surface area contributed by atoms with Gasteiger partial charge in [0.25, 0.3) is 0 Å². The molecule has 0 bridgehead atoms. The molecule has 29 heavy (non-hydrogen) atoms. The fourth-order valence-electron chi connectivity index (χ4n) is 2.61. The molecule has 0 aliphatic heterocycles. The zero-order chi connectivity index (χ0) is 20.8. The Balaban J connectivity index is 1.87. The predicted octanol–water partition coefficient (Wildman–Crippen LogP) is 5.77. The van der Waals surface area contributed by atoms with E-state index in [0.29, 0.717) is 27.5 Å². The van der Waals surface area contributed by atoms with Gasteiger partial charge in [0.05, 0.1) is 24.3 Å². The maximum atomic E-state index is 13.0. The molecule has 0 N–H and O–H groups in total. The summed E-state index contributed by atoms with van der Waals surface area (Å²) in [5.41, 5.74) is 2.00. The number of nitriles is 1. The third kappa shape index (κ3) is 5.01. The lowest BCUT2D eigenvalue weighted by atomic mass is 10.0. The van der Waals surface area contributed by atoms with Crippen LogP contribution in [0.5, 0.6) is 11.5 Å². The molecule has 0 saturated carbocycles. The fraction of sp³-hybridized carbons (Fsp3) is 0.0435. The summed E-state index contributed by atoms with van der Waals surface area (Å²) in [4.78, 5) is 12.3. The Kier molecular flexibility index (Phi) is 6.28. The number of ether oxygens (including phenoxy) is 2. The first kappa shape index (κ1) is 20.1. The van der Waals surface area contributed by atoms with E-state index in [4.69, 9.17) is 21.1 Å². The van der Waals surface area contributed by atoms with E-state index in [-0.39, 0.29) is 11.3 Å². The van der Waals surface area contributed by atoms with Crippen molar-refractivity contribution in [2.45, 2.75) is 0 Å². The van der Waals surface area contributed by atoms with Crippen molar-refractivity contribution >= 4 is 29.2 Å². The van der Waals surface area contributed by atoms with Crippen LogP contribution in [-0.4, -0.2) is 13.1 Å². The summed E-state index contributed by atoms with van der Waals surface area (Å²) in [5.74, 6) is -0.552. The number of hydrogen-bond donors (Lipinski definition) is 0. The topological polar surface area (TPSA) is 59.3 Å². The van der Waals surface area contributed by atoms with Gasteiger partial charge < -0.3 is 9.47 Å². The molecule has 0 spiro atoms. The molecule has 3 rings (SSSR count). The highest BCUT2D eigenvalue weighted by atomic mass is 35.5. The van der Waals surface area contributed by atoms with Gasteiger partial charge in [-0.1, -0.05) is 29.8 Å². The van der Waals surface area contributed by atoms with E-state index in [9.17, 15) is 14.4 Å². The molecule has 0 amide bonds. The van der Waals surface area contributed by atoms with E-state index in [0.717, 1.165) is 0 Å². The van der Waals surface area contributed by atoms with Crippen molar-refractivity contribution in [2.24, 2.45) is 0 Å². The molecular formula is C23H15ClFNO3. The third-order valence-corrected chi connectivity index (χ3v) is 4.27. The maximum absolute atomic E-state index is 13.0. The van der Waals surface area contributed by atoms with Gasteiger partial charge in [-0.15, -0.1) is 0 Å². The number of allylic oxidation sites excluding steroid dienone is 1. The van der Waals surface area contributed by atoms with Crippen LogP contribution in [0.15, 0.2) is 66.7 Å². The lowest BCUT2D eigenvalue weighted by molar-refractivity contribution is 0.0729. The molecule has 3 aromatic carbocycles. The van der Waals surface area contributed by atoms with Gasteiger partial charge in [0.2, 0.25) is 0 Å². The van der Waals surface area contributed by atoms with Crippen molar-refractivity contribution in [1.82, 2.24) is 0 Å². The molecule has 0 saturated heterocycles. The van der Waals surface area contributed by atoms with Gasteiger partial charge in [0, 0.05) is 5.02 Å². The summed E-state index contributed by atoms with van der Waals surface area (Å²) in [6, 6.07) is 19.1. The smallest absolute Gasteiger partial charge is 0.343 e. The molecule has 0 unspecified atom stereocenters. The number of carbonyl (C=O) groups is 1. The molecule has 6 heteroatoms. The molecule has 0 aromatic heterocycles. The van der Waals surface area contributed by atoms with Gasteiger partial charge in [-0.05, 0) is 65.7 Å². The van der Waals surface area contributed by atoms with Crippen LogP contribution >= 0.6 is 11.6 Å². The second kappa shape index (κ2) is 9.05. The molecule has 0 atom stereocenters. The first-order valence-electron chi connectivity index (χ1n) is 8.53. The quantitative estimate of drug-likeness (QED) is 0.233. The van der Waals surface area contributed by atoms with Crippen molar-refractivity contribution < 1.29 is 18.7 Å². The Morgan fingerprint density at radius 2 is 1.79 bits per heavy atom. The van der Waals surface area contributed by atoms with Crippen LogP contribution in [0.1, 0.15) is 21.5 Å². The van der Waals surface area contributed by atoms with Crippen LogP contribution in [-0.2, 0) is 0 Å². The largest absolute Gasteiger partial charge is 0.493 e. The number of esters is 1.